The number of ketones is 2. The number of hydrogen-bond donors (Lipinski definition) is 1. The first-order chi connectivity index (χ1) is 11.9. The van der Waals surface area contributed by atoms with E-state index in [2.05, 4.69) is 4.98 Å². The third kappa shape index (κ3) is 3.96. The number of benzene rings is 1. The Labute approximate surface area is 146 Å². The van der Waals surface area contributed by atoms with Crippen molar-refractivity contribution in [3.05, 3.63) is 52.3 Å². The van der Waals surface area contributed by atoms with Gasteiger partial charge in [-0.15, -0.1) is 0 Å². The van der Waals surface area contributed by atoms with E-state index in [4.69, 9.17) is 9.47 Å². The first-order valence-corrected chi connectivity index (χ1v) is 7.95. The molecule has 0 unspecified atom stereocenters. The van der Waals surface area contributed by atoms with Gasteiger partial charge >= 0.3 is 5.97 Å². The molecule has 0 fully saturated rings. The zero-order chi connectivity index (χ0) is 18.6. The predicted octanol–water partition coefficient (Wildman–Crippen LogP) is 3.27. The normalized spacial score (nSPS) is 10.4. The van der Waals surface area contributed by atoms with Crippen LogP contribution in [0.5, 0.6) is 5.75 Å². The van der Waals surface area contributed by atoms with Crippen molar-refractivity contribution in [2.75, 3.05) is 13.7 Å². The molecule has 1 aromatic heterocycles. The second kappa shape index (κ2) is 7.79. The van der Waals surface area contributed by atoms with E-state index in [-0.39, 0.29) is 18.2 Å². The number of carbonyl (C=O) groups excluding carboxylic acids is 3. The van der Waals surface area contributed by atoms with Crippen LogP contribution < -0.4 is 4.74 Å². The Bertz CT molecular complexity index is 802. The van der Waals surface area contributed by atoms with Gasteiger partial charge < -0.3 is 14.5 Å². The Balaban J connectivity index is 2.08. The number of esters is 1. The Morgan fingerprint density at radius 2 is 1.68 bits per heavy atom. The van der Waals surface area contributed by atoms with E-state index in [0.29, 0.717) is 40.2 Å². The van der Waals surface area contributed by atoms with Gasteiger partial charge in [-0.05, 0) is 43.7 Å². The second-order valence-electron chi connectivity index (χ2n) is 5.63. The highest BCUT2D eigenvalue weighted by molar-refractivity contribution is 6.02. The fourth-order valence-electron chi connectivity index (χ4n) is 2.60. The molecule has 6 nitrogen and oxygen atoms in total. The van der Waals surface area contributed by atoms with Gasteiger partial charge in [0.05, 0.1) is 18.4 Å². The van der Waals surface area contributed by atoms with Crippen molar-refractivity contribution in [1.82, 2.24) is 4.98 Å². The smallest absolute Gasteiger partial charge is 0.339 e. The number of Topliss-reactive ketones (excluding diaryl/α,β-unsaturated/α-hetero) is 2. The van der Waals surface area contributed by atoms with Crippen LogP contribution in [0.3, 0.4) is 0 Å². The summed E-state index contributed by atoms with van der Waals surface area (Å²) in [7, 11) is 1.30. The van der Waals surface area contributed by atoms with Crippen molar-refractivity contribution in [3.63, 3.8) is 0 Å². The lowest BCUT2D eigenvalue weighted by molar-refractivity contribution is 0.0599. The Morgan fingerprint density at radius 1 is 1.04 bits per heavy atom. The maximum Gasteiger partial charge on any atom is 0.339 e. The molecule has 25 heavy (non-hydrogen) atoms. The lowest BCUT2D eigenvalue weighted by Crippen LogP contribution is -2.13. The number of rotatable bonds is 7. The minimum atomic E-state index is -0.484. The zero-order valence-electron chi connectivity index (χ0n) is 14.8. The molecule has 0 saturated heterocycles. The Morgan fingerprint density at radius 3 is 2.24 bits per heavy atom. The van der Waals surface area contributed by atoms with Crippen molar-refractivity contribution >= 4 is 17.5 Å². The van der Waals surface area contributed by atoms with Crippen LogP contribution in [-0.4, -0.2) is 36.2 Å². The van der Waals surface area contributed by atoms with E-state index in [1.807, 2.05) is 0 Å². The standard InChI is InChI=1S/C19H21NO5/c1-5-15(21)13-6-8-14(9-7-13)25-10-16(22)18-11(2)17(12(3)20-18)19(23)24-4/h6-9,20H,5,10H2,1-4H3. The molecule has 0 saturated carbocycles. The molecule has 0 aliphatic rings. The summed E-state index contributed by atoms with van der Waals surface area (Å²) in [4.78, 5) is 38.7. The highest BCUT2D eigenvalue weighted by Crippen LogP contribution is 2.20. The van der Waals surface area contributed by atoms with E-state index < -0.39 is 5.97 Å². The number of nitrogens with one attached hydrogen (secondary N) is 1. The minimum absolute atomic E-state index is 0.0513. The molecule has 1 heterocycles. The third-order valence-electron chi connectivity index (χ3n) is 3.97. The fourth-order valence-corrected chi connectivity index (χ4v) is 2.60. The number of methoxy groups -OCH3 is 1. The highest BCUT2D eigenvalue weighted by atomic mass is 16.5. The molecule has 0 spiro atoms. The van der Waals surface area contributed by atoms with Gasteiger partial charge in [0, 0.05) is 17.7 Å². The summed E-state index contributed by atoms with van der Waals surface area (Å²) < 4.78 is 10.2. The average molecular weight is 343 g/mol. The van der Waals surface area contributed by atoms with Gasteiger partial charge in [-0.2, -0.15) is 0 Å². The SMILES string of the molecule is CCC(=O)c1ccc(OCC(=O)c2[nH]c(C)c(C(=O)OC)c2C)cc1. The van der Waals surface area contributed by atoms with E-state index >= 15 is 0 Å². The summed E-state index contributed by atoms with van der Waals surface area (Å²) in [5, 5.41) is 0. The number of carbonyl (C=O) groups is 3. The molecule has 132 valence electrons. The predicted molar refractivity (Wildman–Crippen MR) is 92.5 cm³/mol. The molecule has 0 atom stereocenters. The van der Waals surface area contributed by atoms with Crippen molar-refractivity contribution in [2.45, 2.75) is 27.2 Å². The van der Waals surface area contributed by atoms with Gasteiger partial charge in [0.15, 0.2) is 12.4 Å². The van der Waals surface area contributed by atoms with E-state index in [0.717, 1.165) is 0 Å². The lowest BCUT2D eigenvalue weighted by Gasteiger charge is -2.06. The first-order valence-electron chi connectivity index (χ1n) is 7.95. The molecule has 2 rings (SSSR count). The van der Waals surface area contributed by atoms with Crippen LogP contribution in [0.2, 0.25) is 0 Å². The van der Waals surface area contributed by atoms with Crippen LogP contribution in [0, 0.1) is 13.8 Å². The summed E-state index contributed by atoms with van der Waals surface area (Å²) in [6.45, 7) is 5.02. The molecular weight excluding hydrogens is 322 g/mol. The van der Waals surface area contributed by atoms with Crippen LogP contribution >= 0.6 is 0 Å². The largest absolute Gasteiger partial charge is 0.485 e. The number of ether oxygens (including phenoxy) is 2. The summed E-state index contributed by atoms with van der Waals surface area (Å²) in [6, 6.07) is 6.65. The third-order valence-corrected chi connectivity index (χ3v) is 3.97. The zero-order valence-corrected chi connectivity index (χ0v) is 14.8. The Hall–Kier alpha value is -2.89. The van der Waals surface area contributed by atoms with Gasteiger partial charge in [-0.3, -0.25) is 9.59 Å². The lowest BCUT2D eigenvalue weighted by atomic mass is 10.1. The second-order valence-corrected chi connectivity index (χ2v) is 5.63. The molecule has 0 radical (unpaired) electrons. The first kappa shape index (κ1) is 18.4. The van der Waals surface area contributed by atoms with E-state index in [1.165, 1.54) is 7.11 Å². The van der Waals surface area contributed by atoms with Gasteiger partial charge in [-0.1, -0.05) is 6.92 Å². The van der Waals surface area contributed by atoms with Crippen LogP contribution in [0.4, 0.5) is 0 Å². The molecule has 1 aromatic carbocycles. The van der Waals surface area contributed by atoms with Gasteiger partial charge in [0.25, 0.3) is 0 Å². The summed E-state index contributed by atoms with van der Waals surface area (Å²) in [5.41, 5.74) is 2.43. The molecule has 0 aliphatic heterocycles. The van der Waals surface area contributed by atoms with Crippen molar-refractivity contribution in [3.8, 4) is 5.75 Å². The van der Waals surface area contributed by atoms with Gasteiger partial charge in [0.2, 0.25) is 5.78 Å². The fraction of sp³-hybridized carbons (Fsp3) is 0.316. The minimum Gasteiger partial charge on any atom is -0.485 e. The maximum absolute atomic E-state index is 12.4. The molecular formula is C19H21NO5. The van der Waals surface area contributed by atoms with Crippen LogP contribution in [0.1, 0.15) is 55.8 Å². The molecule has 1 N–H and O–H groups in total. The van der Waals surface area contributed by atoms with Gasteiger partial charge in [-0.25, -0.2) is 4.79 Å². The topological polar surface area (TPSA) is 85.5 Å². The average Bonchev–Trinajstić information content (AvgIpc) is 2.93. The number of aromatic nitrogens is 1. The summed E-state index contributed by atoms with van der Waals surface area (Å²) in [5.74, 6) is -0.211. The van der Waals surface area contributed by atoms with E-state index in [1.54, 1.807) is 45.0 Å². The molecule has 0 amide bonds. The van der Waals surface area contributed by atoms with Crippen LogP contribution in [0.15, 0.2) is 24.3 Å². The number of aromatic amines is 1. The molecule has 6 heteroatoms. The number of aryl methyl sites for hydroxylation is 1. The quantitative estimate of drug-likeness (QED) is 0.616. The Kier molecular flexibility index (Phi) is 5.75. The highest BCUT2D eigenvalue weighted by Gasteiger charge is 2.22. The number of H-pyrrole nitrogens is 1. The van der Waals surface area contributed by atoms with Crippen molar-refractivity contribution in [1.29, 1.82) is 0 Å². The summed E-state index contributed by atoms with van der Waals surface area (Å²) >= 11 is 0. The molecule has 0 bridgehead atoms. The maximum atomic E-state index is 12.4. The summed E-state index contributed by atoms with van der Waals surface area (Å²) in [6.07, 6.45) is 0.437. The van der Waals surface area contributed by atoms with Crippen LogP contribution in [0.25, 0.3) is 0 Å². The molecule has 0 aliphatic carbocycles. The van der Waals surface area contributed by atoms with Crippen LogP contribution in [-0.2, 0) is 4.74 Å². The molecule has 2 aromatic rings. The van der Waals surface area contributed by atoms with Crippen molar-refractivity contribution < 1.29 is 23.9 Å². The van der Waals surface area contributed by atoms with Gasteiger partial charge in [0.1, 0.15) is 5.75 Å². The monoisotopic (exact) mass is 343 g/mol. The van der Waals surface area contributed by atoms with E-state index in [9.17, 15) is 14.4 Å². The number of hydrogen-bond acceptors (Lipinski definition) is 5. The van der Waals surface area contributed by atoms with Crippen molar-refractivity contribution in [2.24, 2.45) is 0 Å².